The molecule has 0 bridgehead atoms. The molecule has 3 heteroatoms. The molecule has 0 saturated heterocycles. The van der Waals surface area contributed by atoms with Gasteiger partial charge in [0.1, 0.15) is 0 Å². The zero-order valence-corrected chi connectivity index (χ0v) is 8.07. The van der Waals surface area contributed by atoms with E-state index in [4.69, 9.17) is 0 Å². The van der Waals surface area contributed by atoms with Gasteiger partial charge in [-0.1, -0.05) is 6.07 Å². The lowest BCUT2D eigenvalue weighted by Crippen LogP contribution is -2.34. The zero-order valence-electron chi connectivity index (χ0n) is 8.07. The van der Waals surface area contributed by atoms with E-state index in [1.165, 1.54) is 0 Å². The second-order valence-electron chi connectivity index (χ2n) is 3.27. The molecule has 0 saturated carbocycles. The predicted octanol–water partition coefficient (Wildman–Crippen LogP) is 0.940. The van der Waals surface area contributed by atoms with Gasteiger partial charge >= 0.3 is 0 Å². The molecule has 2 atom stereocenters. The first-order chi connectivity index (χ1) is 6.20. The van der Waals surface area contributed by atoms with Crippen LogP contribution in [0.2, 0.25) is 0 Å². The number of nitrogens with zero attached hydrogens (tertiary/aromatic N) is 1. The molecule has 0 fully saturated rings. The Morgan fingerprint density at radius 1 is 1.54 bits per heavy atom. The highest BCUT2D eigenvalue weighted by molar-refractivity contribution is 5.07. The molecular formula is C10H16N2O. The van der Waals surface area contributed by atoms with Crippen LogP contribution in [0.3, 0.4) is 0 Å². The van der Waals surface area contributed by atoms with E-state index in [-0.39, 0.29) is 12.1 Å². The van der Waals surface area contributed by atoms with Gasteiger partial charge in [-0.15, -0.1) is 0 Å². The number of hydrogen-bond donors (Lipinski definition) is 2. The molecule has 1 heterocycles. The highest BCUT2D eigenvalue weighted by Crippen LogP contribution is 1.97. The molecule has 1 aromatic heterocycles. The third-order valence-corrected chi connectivity index (χ3v) is 2.07. The molecule has 0 radical (unpaired) electrons. The summed E-state index contributed by atoms with van der Waals surface area (Å²) in [7, 11) is 0. The summed E-state index contributed by atoms with van der Waals surface area (Å²) in [6.45, 7) is 4.49. The first kappa shape index (κ1) is 10.2. The fraction of sp³-hybridized carbons (Fsp3) is 0.500. The molecular weight excluding hydrogens is 164 g/mol. The summed E-state index contributed by atoms with van der Waals surface area (Å²) in [4.78, 5) is 4.00. The van der Waals surface area contributed by atoms with Gasteiger partial charge in [-0.25, -0.2) is 0 Å². The van der Waals surface area contributed by atoms with Crippen molar-refractivity contribution in [3.05, 3.63) is 30.1 Å². The van der Waals surface area contributed by atoms with Gasteiger partial charge in [0.05, 0.1) is 6.10 Å². The smallest absolute Gasteiger partial charge is 0.0662 e. The van der Waals surface area contributed by atoms with Crippen molar-refractivity contribution < 1.29 is 5.11 Å². The highest BCUT2D eigenvalue weighted by Gasteiger charge is 2.06. The third-order valence-electron chi connectivity index (χ3n) is 2.07. The van der Waals surface area contributed by atoms with Crippen LogP contribution >= 0.6 is 0 Å². The average Bonchev–Trinajstić information content (AvgIpc) is 2.15. The molecule has 0 aliphatic carbocycles. The summed E-state index contributed by atoms with van der Waals surface area (Å²) in [5.41, 5.74) is 1.13. The van der Waals surface area contributed by atoms with Crippen molar-refractivity contribution in [2.45, 2.75) is 32.5 Å². The van der Waals surface area contributed by atoms with Gasteiger partial charge in [0.15, 0.2) is 0 Å². The van der Waals surface area contributed by atoms with E-state index >= 15 is 0 Å². The van der Waals surface area contributed by atoms with E-state index in [1.807, 2.05) is 25.3 Å². The maximum absolute atomic E-state index is 9.22. The van der Waals surface area contributed by atoms with Gasteiger partial charge in [0.2, 0.25) is 0 Å². The highest BCUT2D eigenvalue weighted by atomic mass is 16.3. The molecule has 2 N–H and O–H groups in total. The Kier molecular flexibility index (Phi) is 3.86. The predicted molar refractivity (Wildman–Crippen MR) is 52.2 cm³/mol. The van der Waals surface area contributed by atoms with Gasteiger partial charge in [-0.05, 0) is 25.5 Å². The molecule has 13 heavy (non-hydrogen) atoms. The van der Waals surface area contributed by atoms with Crippen molar-refractivity contribution in [3.8, 4) is 0 Å². The van der Waals surface area contributed by atoms with E-state index < -0.39 is 0 Å². The maximum Gasteiger partial charge on any atom is 0.0662 e. The second kappa shape index (κ2) is 4.94. The van der Waals surface area contributed by atoms with E-state index in [0.717, 1.165) is 12.1 Å². The van der Waals surface area contributed by atoms with Crippen molar-refractivity contribution in [1.82, 2.24) is 10.3 Å². The lowest BCUT2D eigenvalue weighted by atomic mass is 10.2. The van der Waals surface area contributed by atoms with Crippen molar-refractivity contribution in [2.75, 3.05) is 0 Å². The fourth-order valence-electron chi connectivity index (χ4n) is 0.952. The van der Waals surface area contributed by atoms with Gasteiger partial charge in [0, 0.05) is 25.0 Å². The molecule has 1 rings (SSSR count). The van der Waals surface area contributed by atoms with Gasteiger partial charge in [0.25, 0.3) is 0 Å². The number of pyridine rings is 1. The lowest BCUT2D eigenvalue weighted by Gasteiger charge is -2.16. The quantitative estimate of drug-likeness (QED) is 0.725. The Hall–Kier alpha value is -0.930. The standard InChI is InChI=1S/C10H16N2O/c1-8(9(2)13)12-7-10-4-3-5-11-6-10/h3-6,8-9,12-13H,7H2,1-2H3. The summed E-state index contributed by atoms with van der Waals surface area (Å²) < 4.78 is 0. The molecule has 1 aromatic rings. The van der Waals surface area contributed by atoms with Gasteiger partial charge < -0.3 is 10.4 Å². The number of nitrogens with one attached hydrogen (secondary N) is 1. The summed E-state index contributed by atoms with van der Waals surface area (Å²) in [5, 5.41) is 12.4. The number of hydrogen-bond acceptors (Lipinski definition) is 3. The van der Waals surface area contributed by atoms with Crippen LogP contribution in [0, 0.1) is 0 Å². The molecule has 0 spiro atoms. The Labute approximate surface area is 78.8 Å². The molecule has 2 unspecified atom stereocenters. The summed E-state index contributed by atoms with van der Waals surface area (Å²) in [6, 6.07) is 4.03. The number of rotatable bonds is 4. The molecule has 3 nitrogen and oxygen atoms in total. The van der Waals surface area contributed by atoms with Crippen molar-refractivity contribution in [2.24, 2.45) is 0 Å². The van der Waals surface area contributed by atoms with E-state index in [2.05, 4.69) is 10.3 Å². The van der Waals surface area contributed by atoms with Crippen LogP contribution in [-0.4, -0.2) is 22.2 Å². The Bertz CT molecular complexity index is 236. The number of aliphatic hydroxyl groups is 1. The van der Waals surface area contributed by atoms with Gasteiger partial charge in [-0.3, -0.25) is 4.98 Å². The minimum atomic E-state index is -0.323. The first-order valence-corrected chi connectivity index (χ1v) is 4.50. The summed E-state index contributed by atoms with van der Waals surface area (Å²) in [5.74, 6) is 0. The first-order valence-electron chi connectivity index (χ1n) is 4.50. The van der Waals surface area contributed by atoms with E-state index in [0.29, 0.717) is 0 Å². The van der Waals surface area contributed by atoms with Crippen LogP contribution < -0.4 is 5.32 Å². The molecule has 0 aliphatic heterocycles. The van der Waals surface area contributed by atoms with Crippen molar-refractivity contribution in [1.29, 1.82) is 0 Å². The normalized spacial score (nSPS) is 15.3. The Balaban J connectivity index is 2.35. The van der Waals surface area contributed by atoms with Crippen molar-refractivity contribution in [3.63, 3.8) is 0 Å². The second-order valence-corrected chi connectivity index (χ2v) is 3.27. The largest absolute Gasteiger partial charge is 0.392 e. The minimum absolute atomic E-state index is 0.111. The van der Waals surface area contributed by atoms with Crippen LogP contribution in [0.25, 0.3) is 0 Å². The average molecular weight is 180 g/mol. The molecule has 72 valence electrons. The summed E-state index contributed by atoms with van der Waals surface area (Å²) >= 11 is 0. The van der Waals surface area contributed by atoms with Crippen LogP contribution in [0.15, 0.2) is 24.5 Å². The van der Waals surface area contributed by atoms with Gasteiger partial charge in [-0.2, -0.15) is 0 Å². The SMILES string of the molecule is CC(O)C(C)NCc1cccnc1. The van der Waals surface area contributed by atoms with Crippen molar-refractivity contribution >= 4 is 0 Å². The zero-order chi connectivity index (χ0) is 9.68. The minimum Gasteiger partial charge on any atom is -0.392 e. The molecule has 0 amide bonds. The Morgan fingerprint density at radius 3 is 2.85 bits per heavy atom. The summed E-state index contributed by atoms with van der Waals surface area (Å²) in [6.07, 6.45) is 3.25. The fourth-order valence-corrected chi connectivity index (χ4v) is 0.952. The maximum atomic E-state index is 9.22. The van der Waals surface area contributed by atoms with Crippen LogP contribution in [0.5, 0.6) is 0 Å². The third kappa shape index (κ3) is 3.53. The Morgan fingerprint density at radius 2 is 2.31 bits per heavy atom. The topological polar surface area (TPSA) is 45.1 Å². The van der Waals surface area contributed by atoms with E-state index in [9.17, 15) is 5.11 Å². The number of aromatic nitrogens is 1. The van der Waals surface area contributed by atoms with Crippen LogP contribution in [0.1, 0.15) is 19.4 Å². The number of aliphatic hydroxyl groups excluding tert-OH is 1. The van der Waals surface area contributed by atoms with E-state index in [1.54, 1.807) is 13.1 Å². The molecule has 0 aliphatic rings. The molecule has 0 aromatic carbocycles. The monoisotopic (exact) mass is 180 g/mol. The van der Waals surface area contributed by atoms with Crippen LogP contribution in [0.4, 0.5) is 0 Å². The van der Waals surface area contributed by atoms with Crippen LogP contribution in [-0.2, 0) is 6.54 Å². The lowest BCUT2D eigenvalue weighted by molar-refractivity contribution is 0.152.